The molecule has 0 aromatic carbocycles. The molecule has 11 heavy (non-hydrogen) atoms. The topological polar surface area (TPSA) is 64.2 Å². The summed E-state index contributed by atoms with van der Waals surface area (Å²) in [4.78, 5) is 2.47. The highest BCUT2D eigenvalue weighted by Crippen LogP contribution is 1.98. The lowest BCUT2D eigenvalue weighted by molar-refractivity contribution is -0.939. The van der Waals surface area contributed by atoms with E-state index in [0.717, 1.165) is 26.2 Å². The highest BCUT2D eigenvalue weighted by Gasteiger charge is 2.24. The number of hydrogen-bond acceptors (Lipinski definition) is 3. The third-order valence-corrected chi connectivity index (χ3v) is 2.45. The monoisotopic (exact) mass is 179 g/mol. The first kappa shape index (κ1) is 9.08. The lowest BCUT2D eigenvalue weighted by atomic mass is 10.4. The number of piperazine rings is 1. The van der Waals surface area contributed by atoms with Crippen LogP contribution < -0.4 is 10.1 Å². The third-order valence-electron chi connectivity index (χ3n) is 1.86. The van der Waals surface area contributed by atoms with Gasteiger partial charge < -0.3 is 9.87 Å². The van der Waals surface area contributed by atoms with Gasteiger partial charge in [-0.05, 0) is 0 Å². The molecule has 0 aromatic heterocycles. The fourth-order valence-electron chi connectivity index (χ4n) is 1.16. The van der Waals surface area contributed by atoms with Crippen molar-refractivity contribution >= 4 is 11.3 Å². The summed E-state index contributed by atoms with van der Waals surface area (Å²) < 4.78 is 21.1. The summed E-state index contributed by atoms with van der Waals surface area (Å²) >= 11 is -2.16. The minimum atomic E-state index is -2.16. The number of nitrogens with zero attached hydrogens (tertiary/aromatic N) is 1. The Morgan fingerprint density at radius 2 is 2.09 bits per heavy atom. The van der Waals surface area contributed by atoms with Crippen LogP contribution in [0.5, 0.6) is 0 Å². The van der Waals surface area contributed by atoms with Crippen molar-refractivity contribution < 1.29 is 13.4 Å². The van der Waals surface area contributed by atoms with Crippen molar-refractivity contribution in [2.75, 3.05) is 33.2 Å². The second-order valence-electron chi connectivity index (χ2n) is 2.92. The third kappa shape index (κ3) is 2.84. The Labute approximate surface area is 68.7 Å². The second-order valence-corrected chi connectivity index (χ2v) is 3.57. The molecule has 1 heterocycles. The molecule has 1 rings (SSSR count). The van der Waals surface area contributed by atoms with E-state index in [1.54, 1.807) is 0 Å². The molecule has 1 aliphatic rings. The number of likely N-dealkylation sites (N-methyl/N-ethyl adjacent to an activating group) is 1. The molecule has 1 unspecified atom stereocenters. The number of rotatable bonds is 2. The van der Waals surface area contributed by atoms with Crippen LogP contribution in [0.25, 0.3) is 0 Å². The van der Waals surface area contributed by atoms with Crippen molar-refractivity contribution in [3.05, 3.63) is 0 Å². The highest BCUT2D eigenvalue weighted by molar-refractivity contribution is 7.76. The molecule has 1 aliphatic heterocycles. The van der Waals surface area contributed by atoms with Crippen LogP contribution in [0.15, 0.2) is 0 Å². The van der Waals surface area contributed by atoms with Crippen LogP contribution in [0.1, 0.15) is 0 Å². The first-order valence-electron chi connectivity index (χ1n) is 3.55. The van der Waals surface area contributed by atoms with Crippen LogP contribution in [0, 0.1) is 0 Å². The van der Waals surface area contributed by atoms with Crippen LogP contribution in [0.3, 0.4) is 0 Å². The maximum Gasteiger partial charge on any atom is 0.109 e. The standard InChI is InChI=1S/C5H13N3O2S/c1-8(7-11(9)10)4-2-6-3-5-8/h6-7H,2-5H2,1H3. The molecule has 2 N–H and O–H groups in total. The zero-order valence-electron chi connectivity index (χ0n) is 6.50. The van der Waals surface area contributed by atoms with Crippen LogP contribution in [-0.4, -0.2) is 46.6 Å². The van der Waals surface area contributed by atoms with Gasteiger partial charge in [-0.2, -0.15) is 0 Å². The van der Waals surface area contributed by atoms with Gasteiger partial charge in [-0.1, -0.05) is 4.83 Å². The molecule has 1 atom stereocenters. The van der Waals surface area contributed by atoms with Gasteiger partial charge in [0.05, 0.1) is 18.3 Å². The molecular weight excluding hydrogens is 166 g/mol. The Morgan fingerprint density at radius 3 is 2.55 bits per heavy atom. The molecule has 5 nitrogen and oxygen atoms in total. The molecule has 6 heteroatoms. The molecule has 1 saturated heterocycles. The summed E-state index contributed by atoms with van der Waals surface area (Å²) in [5.74, 6) is 0. The SMILES string of the molecule is C[N+]1(NS(=O)[O-])CCNCC1. The van der Waals surface area contributed by atoms with Gasteiger partial charge in [-0.3, -0.25) is 4.21 Å². The van der Waals surface area contributed by atoms with E-state index in [-0.39, 0.29) is 0 Å². The van der Waals surface area contributed by atoms with Crippen molar-refractivity contribution in [2.24, 2.45) is 0 Å². The minimum Gasteiger partial charge on any atom is -0.756 e. The maximum absolute atomic E-state index is 10.3. The molecule has 66 valence electrons. The van der Waals surface area contributed by atoms with Crippen molar-refractivity contribution in [1.82, 2.24) is 10.1 Å². The van der Waals surface area contributed by atoms with Gasteiger partial charge in [-0.25, -0.2) is 4.59 Å². The normalized spacial score (nSPS) is 26.4. The van der Waals surface area contributed by atoms with E-state index >= 15 is 0 Å². The lowest BCUT2D eigenvalue weighted by Crippen LogP contribution is -2.63. The fourth-order valence-corrected chi connectivity index (χ4v) is 1.70. The Kier molecular flexibility index (Phi) is 2.97. The predicted molar refractivity (Wildman–Crippen MR) is 40.8 cm³/mol. The van der Waals surface area contributed by atoms with Gasteiger partial charge in [0.1, 0.15) is 13.1 Å². The molecule has 1 fully saturated rings. The van der Waals surface area contributed by atoms with Crippen molar-refractivity contribution in [3.63, 3.8) is 0 Å². The molecular formula is C5H13N3O2S. The van der Waals surface area contributed by atoms with E-state index in [0.29, 0.717) is 4.59 Å². The Morgan fingerprint density at radius 1 is 1.55 bits per heavy atom. The van der Waals surface area contributed by atoms with E-state index in [1.165, 1.54) is 0 Å². The highest BCUT2D eigenvalue weighted by atomic mass is 32.2. The van der Waals surface area contributed by atoms with Crippen LogP contribution in [0.2, 0.25) is 0 Å². The Balaban J connectivity index is 2.43. The first-order valence-corrected chi connectivity index (χ1v) is 4.62. The van der Waals surface area contributed by atoms with Crippen LogP contribution >= 0.6 is 0 Å². The average Bonchev–Trinajstić information content (AvgIpc) is 1.85. The van der Waals surface area contributed by atoms with E-state index < -0.39 is 11.3 Å². The van der Waals surface area contributed by atoms with E-state index in [4.69, 9.17) is 0 Å². The van der Waals surface area contributed by atoms with Gasteiger partial charge in [0.25, 0.3) is 0 Å². The quantitative estimate of drug-likeness (QED) is 0.394. The van der Waals surface area contributed by atoms with Gasteiger partial charge in [0.2, 0.25) is 0 Å². The van der Waals surface area contributed by atoms with Crippen LogP contribution in [0.4, 0.5) is 0 Å². The van der Waals surface area contributed by atoms with Gasteiger partial charge in [0.15, 0.2) is 0 Å². The van der Waals surface area contributed by atoms with E-state index in [2.05, 4.69) is 10.1 Å². The van der Waals surface area contributed by atoms with Gasteiger partial charge in [-0.15, -0.1) is 0 Å². The fraction of sp³-hybridized carbons (Fsp3) is 1.00. The molecule has 0 radical (unpaired) electrons. The summed E-state index contributed by atoms with van der Waals surface area (Å²) in [5, 5.41) is 3.16. The maximum atomic E-state index is 10.3. The molecule has 0 bridgehead atoms. The Hall–Kier alpha value is -0.0100. The molecule has 0 saturated carbocycles. The minimum absolute atomic E-state index is 0.406. The molecule has 0 aliphatic carbocycles. The summed E-state index contributed by atoms with van der Waals surface area (Å²) in [7, 11) is 1.87. The van der Waals surface area contributed by atoms with Gasteiger partial charge >= 0.3 is 0 Å². The summed E-state index contributed by atoms with van der Waals surface area (Å²) in [6.45, 7) is 3.32. The lowest BCUT2D eigenvalue weighted by Gasteiger charge is -2.37. The summed E-state index contributed by atoms with van der Waals surface area (Å²) in [6, 6.07) is 0. The van der Waals surface area contributed by atoms with E-state index in [9.17, 15) is 8.76 Å². The van der Waals surface area contributed by atoms with Gasteiger partial charge in [0, 0.05) is 13.1 Å². The first-order chi connectivity index (χ1) is 5.12. The zero-order valence-corrected chi connectivity index (χ0v) is 7.32. The zero-order chi connectivity index (χ0) is 8.32. The number of quaternary nitrogens is 1. The Bertz CT molecular complexity index is 158. The summed E-state index contributed by atoms with van der Waals surface area (Å²) in [6.07, 6.45) is 0. The van der Waals surface area contributed by atoms with Crippen molar-refractivity contribution in [2.45, 2.75) is 0 Å². The second kappa shape index (κ2) is 3.59. The van der Waals surface area contributed by atoms with Crippen molar-refractivity contribution in [3.8, 4) is 0 Å². The van der Waals surface area contributed by atoms with Crippen molar-refractivity contribution in [1.29, 1.82) is 0 Å². The smallest absolute Gasteiger partial charge is 0.109 e. The largest absolute Gasteiger partial charge is 0.756 e. The van der Waals surface area contributed by atoms with E-state index in [1.807, 2.05) is 7.05 Å². The predicted octanol–water partition coefficient (Wildman–Crippen LogP) is -1.67. The van der Waals surface area contributed by atoms with Crippen LogP contribution in [-0.2, 0) is 11.3 Å². The molecule has 0 amide bonds. The average molecular weight is 179 g/mol. The summed E-state index contributed by atoms with van der Waals surface area (Å²) in [5.41, 5.74) is 0. The molecule has 0 aromatic rings. The molecule has 0 spiro atoms. The number of hydrogen-bond donors (Lipinski definition) is 2. The number of nitrogens with one attached hydrogen (secondary N) is 2.